The Morgan fingerprint density at radius 2 is 2.14 bits per heavy atom. The SMILES string of the molecule is CC(C)(C)N(Cc1cn(-c2cccc(N)c2)nn1)C(=O)O. The molecule has 0 radical (unpaired) electrons. The van der Waals surface area contributed by atoms with Crippen LogP contribution in [0.25, 0.3) is 5.69 Å². The van der Waals surface area contributed by atoms with E-state index < -0.39 is 11.6 Å². The average molecular weight is 289 g/mol. The molecule has 0 aliphatic rings. The quantitative estimate of drug-likeness (QED) is 0.843. The molecule has 0 unspecified atom stereocenters. The number of rotatable bonds is 3. The molecule has 7 heteroatoms. The first-order valence-corrected chi connectivity index (χ1v) is 6.55. The molecule has 1 heterocycles. The minimum Gasteiger partial charge on any atom is -0.465 e. The summed E-state index contributed by atoms with van der Waals surface area (Å²) in [7, 11) is 0. The number of amides is 1. The fourth-order valence-corrected chi connectivity index (χ4v) is 1.92. The normalized spacial score (nSPS) is 11.4. The first kappa shape index (κ1) is 14.8. The van der Waals surface area contributed by atoms with Crippen molar-refractivity contribution in [3.8, 4) is 5.69 Å². The fraction of sp³-hybridized carbons (Fsp3) is 0.357. The van der Waals surface area contributed by atoms with Crippen LogP contribution in [0, 0.1) is 0 Å². The lowest BCUT2D eigenvalue weighted by molar-refractivity contribution is 0.0947. The number of anilines is 1. The maximum absolute atomic E-state index is 11.3. The standard InChI is InChI=1S/C14H19N5O2/c1-14(2,3)18(13(20)21)8-11-9-19(17-16-11)12-6-4-5-10(15)7-12/h4-7,9H,8,15H2,1-3H3,(H,20,21). The van der Waals surface area contributed by atoms with Crippen LogP contribution in [0.4, 0.5) is 10.5 Å². The predicted octanol–water partition coefficient (Wildman–Crippen LogP) is 2.13. The van der Waals surface area contributed by atoms with Crippen LogP contribution in [0.2, 0.25) is 0 Å². The lowest BCUT2D eigenvalue weighted by atomic mass is 10.1. The van der Waals surface area contributed by atoms with Gasteiger partial charge in [-0.15, -0.1) is 5.10 Å². The lowest BCUT2D eigenvalue weighted by Crippen LogP contribution is -2.44. The highest BCUT2D eigenvalue weighted by atomic mass is 16.4. The van der Waals surface area contributed by atoms with Crippen molar-refractivity contribution in [2.24, 2.45) is 0 Å². The van der Waals surface area contributed by atoms with Crippen molar-refractivity contribution >= 4 is 11.8 Å². The van der Waals surface area contributed by atoms with Gasteiger partial charge in [0.15, 0.2) is 0 Å². The molecule has 0 saturated carbocycles. The minimum absolute atomic E-state index is 0.182. The summed E-state index contributed by atoms with van der Waals surface area (Å²) < 4.78 is 1.58. The molecular formula is C14H19N5O2. The third kappa shape index (κ3) is 3.50. The number of hydrogen-bond acceptors (Lipinski definition) is 4. The van der Waals surface area contributed by atoms with Gasteiger partial charge in [0.2, 0.25) is 0 Å². The second-order valence-corrected chi connectivity index (χ2v) is 5.79. The van der Waals surface area contributed by atoms with Crippen molar-refractivity contribution in [3.63, 3.8) is 0 Å². The molecule has 0 atom stereocenters. The molecule has 1 aromatic heterocycles. The summed E-state index contributed by atoms with van der Waals surface area (Å²) in [4.78, 5) is 12.6. The third-order valence-electron chi connectivity index (χ3n) is 3.04. The molecule has 0 fully saturated rings. The monoisotopic (exact) mass is 289 g/mol. The van der Waals surface area contributed by atoms with Gasteiger partial charge in [-0.2, -0.15) is 0 Å². The first-order chi connectivity index (χ1) is 9.77. The number of carboxylic acid groups (broad SMARTS) is 1. The van der Waals surface area contributed by atoms with Gasteiger partial charge in [-0.25, -0.2) is 9.48 Å². The van der Waals surface area contributed by atoms with E-state index in [9.17, 15) is 9.90 Å². The zero-order valence-electron chi connectivity index (χ0n) is 12.3. The highest BCUT2D eigenvalue weighted by molar-refractivity contribution is 5.65. The lowest BCUT2D eigenvalue weighted by Gasteiger charge is -2.32. The Bertz CT molecular complexity index is 645. The zero-order valence-corrected chi connectivity index (χ0v) is 12.3. The van der Waals surface area contributed by atoms with Crippen molar-refractivity contribution in [1.82, 2.24) is 19.9 Å². The molecule has 1 aromatic carbocycles. The van der Waals surface area contributed by atoms with E-state index in [1.54, 1.807) is 23.0 Å². The van der Waals surface area contributed by atoms with Crippen LogP contribution < -0.4 is 5.73 Å². The number of nitrogens with zero attached hydrogens (tertiary/aromatic N) is 4. The summed E-state index contributed by atoms with van der Waals surface area (Å²) in [5, 5.41) is 17.3. The molecule has 0 aliphatic heterocycles. The van der Waals surface area contributed by atoms with Crippen molar-refractivity contribution in [3.05, 3.63) is 36.2 Å². The molecule has 2 rings (SSSR count). The molecule has 0 spiro atoms. The van der Waals surface area contributed by atoms with Gasteiger partial charge in [-0.05, 0) is 39.0 Å². The second-order valence-electron chi connectivity index (χ2n) is 5.79. The zero-order chi connectivity index (χ0) is 15.6. The Labute approximate surface area is 123 Å². The van der Waals surface area contributed by atoms with E-state index in [1.807, 2.05) is 32.9 Å². The van der Waals surface area contributed by atoms with Gasteiger partial charge in [-0.1, -0.05) is 11.3 Å². The minimum atomic E-state index is -0.985. The third-order valence-corrected chi connectivity index (χ3v) is 3.04. The molecular weight excluding hydrogens is 270 g/mol. The summed E-state index contributed by atoms with van der Waals surface area (Å²) in [5.41, 5.74) is 7.22. The maximum atomic E-state index is 11.3. The smallest absolute Gasteiger partial charge is 0.408 e. The van der Waals surface area contributed by atoms with E-state index in [2.05, 4.69) is 10.3 Å². The highest BCUT2D eigenvalue weighted by Crippen LogP contribution is 2.17. The van der Waals surface area contributed by atoms with Crippen molar-refractivity contribution < 1.29 is 9.90 Å². The van der Waals surface area contributed by atoms with Crippen molar-refractivity contribution in [1.29, 1.82) is 0 Å². The van der Waals surface area contributed by atoms with Crippen LogP contribution in [-0.2, 0) is 6.54 Å². The molecule has 3 N–H and O–H groups in total. The van der Waals surface area contributed by atoms with E-state index in [-0.39, 0.29) is 6.54 Å². The molecule has 0 bridgehead atoms. The largest absolute Gasteiger partial charge is 0.465 e. The van der Waals surface area contributed by atoms with Gasteiger partial charge in [0, 0.05) is 11.2 Å². The average Bonchev–Trinajstić information content (AvgIpc) is 2.83. The Kier molecular flexibility index (Phi) is 3.84. The van der Waals surface area contributed by atoms with Crippen LogP contribution >= 0.6 is 0 Å². The van der Waals surface area contributed by atoms with E-state index >= 15 is 0 Å². The van der Waals surface area contributed by atoms with Gasteiger partial charge in [0.05, 0.1) is 18.4 Å². The number of nitrogens with two attached hydrogens (primary N) is 1. The van der Waals surface area contributed by atoms with Crippen molar-refractivity contribution in [2.45, 2.75) is 32.9 Å². The van der Waals surface area contributed by atoms with Crippen molar-refractivity contribution in [2.75, 3.05) is 5.73 Å². The molecule has 112 valence electrons. The summed E-state index contributed by atoms with van der Waals surface area (Å²) in [6, 6.07) is 7.24. The van der Waals surface area contributed by atoms with Crippen LogP contribution in [0.5, 0.6) is 0 Å². The van der Waals surface area contributed by atoms with Gasteiger partial charge in [-0.3, -0.25) is 4.90 Å². The molecule has 1 amide bonds. The first-order valence-electron chi connectivity index (χ1n) is 6.55. The molecule has 2 aromatic rings. The summed E-state index contributed by atoms with van der Waals surface area (Å²) >= 11 is 0. The molecule has 21 heavy (non-hydrogen) atoms. The summed E-state index contributed by atoms with van der Waals surface area (Å²) in [6.45, 7) is 5.69. The number of aromatic nitrogens is 3. The maximum Gasteiger partial charge on any atom is 0.408 e. The Morgan fingerprint density at radius 3 is 2.71 bits per heavy atom. The molecule has 0 saturated heterocycles. The van der Waals surface area contributed by atoms with Crippen LogP contribution in [0.3, 0.4) is 0 Å². The Hall–Kier alpha value is -2.57. The molecule has 7 nitrogen and oxygen atoms in total. The van der Waals surface area contributed by atoms with E-state index in [0.717, 1.165) is 5.69 Å². The fourth-order valence-electron chi connectivity index (χ4n) is 1.92. The predicted molar refractivity (Wildman–Crippen MR) is 79.1 cm³/mol. The van der Waals surface area contributed by atoms with Gasteiger partial charge in [0.25, 0.3) is 0 Å². The number of hydrogen-bond donors (Lipinski definition) is 2. The summed E-state index contributed by atoms with van der Waals surface area (Å²) in [6.07, 6.45) is 0.720. The van der Waals surface area contributed by atoms with Gasteiger partial charge >= 0.3 is 6.09 Å². The number of benzene rings is 1. The van der Waals surface area contributed by atoms with Gasteiger partial charge < -0.3 is 10.8 Å². The summed E-state index contributed by atoms with van der Waals surface area (Å²) in [5.74, 6) is 0. The number of carbonyl (C=O) groups is 1. The van der Waals surface area contributed by atoms with E-state index in [0.29, 0.717) is 11.4 Å². The topological polar surface area (TPSA) is 97.3 Å². The van der Waals surface area contributed by atoms with Crippen LogP contribution in [0.15, 0.2) is 30.5 Å². The van der Waals surface area contributed by atoms with Crippen LogP contribution in [-0.4, -0.2) is 36.6 Å². The molecule has 0 aliphatic carbocycles. The van der Waals surface area contributed by atoms with Crippen LogP contribution in [0.1, 0.15) is 26.5 Å². The van der Waals surface area contributed by atoms with E-state index in [4.69, 9.17) is 5.73 Å². The Balaban J connectivity index is 2.22. The van der Waals surface area contributed by atoms with Gasteiger partial charge in [0.1, 0.15) is 5.69 Å². The highest BCUT2D eigenvalue weighted by Gasteiger charge is 2.27. The second kappa shape index (κ2) is 5.43. The number of nitrogen functional groups attached to an aromatic ring is 1. The Morgan fingerprint density at radius 1 is 1.43 bits per heavy atom. The van der Waals surface area contributed by atoms with E-state index in [1.165, 1.54) is 4.90 Å².